The molecule has 0 heterocycles. The lowest BCUT2D eigenvalue weighted by atomic mass is 10.2. The zero-order valence-corrected chi connectivity index (χ0v) is 12.4. The van der Waals surface area contributed by atoms with Crippen LogP contribution in [-0.4, -0.2) is 29.9 Å². The van der Waals surface area contributed by atoms with Crippen molar-refractivity contribution in [2.45, 2.75) is 24.3 Å². The second kappa shape index (κ2) is 7.25. The standard InChI is InChI=1S/C13H17BrN2O3/c1-8(19-2)7-11(14)13(18)16-10-5-3-9(4-6-10)12(15)17/h3-6,8,11H,7H2,1-2H3,(H2,15,17)(H,16,18)/t8-,11?/m0/s1. The monoisotopic (exact) mass is 328 g/mol. The molecular weight excluding hydrogens is 312 g/mol. The number of nitrogens with two attached hydrogens (primary N) is 1. The molecule has 0 fully saturated rings. The number of anilines is 1. The molecule has 0 bridgehead atoms. The summed E-state index contributed by atoms with van der Waals surface area (Å²) in [7, 11) is 1.60. The van der Waals surface area contributed by atoms with Gasteiger partial charge in [-0.25, -0.2) is 0 Å². The van der Waals surface area contributed by atoms with Gasteiger partial charge < -0.3 is 15.8 Å². The van der Waals surface area contributed by atoms with Crippen LogP contribution in [0.2, 0.25) is 0 Å². The lowest BCUT2D eigenvalue weighted by Gasteiger charge is -2.14. The molecule has 0 aliphatic heterocycles. The molecule has 0 aliphatic carbocycles. The molecular formula is C13H17BrN2O3. The Kier molecular flexibility index (Phi) is 5.98. The number of hydrogen-bond acceptors (Lipinski definition) is 3. The average molecular weight is 329 g/mol. The van der Waals surface area contributed by atoms with E-state index in [0.29, 0.717) is 17.7 Å². The van der Waals surface area contributed by atoms with Crippen molar-refractivity contribution in [3.8, 4) is 0 Å². The summed E-state index contributed by atoms with van der Waals surface area (Å²) in [4.78, 5) is 22.5. The fourth-order valence-electron chi connectivity index (χ4n) is 1.43. The average Bonchev–Trinajstić information content (AvgIpc) is 2.38. The number of alkyl halides is 1. The molecule has 0 saturated carbocycles. The highest BCUT2D eigenvalue weighted by atomic mass is 79.9. The molecule has 1 aromatic rings. The minimum Gasteiger partial charge on any atom is -0.382 e. The fourth-order valence-corrected chi connectivity index (χ4v) is 2.07. The van der Waals surface area contributed by atoms with Gasteiger partial charge in [0.1, 0.15) is 0 Å². The van der Waals surface area contributed by atoms with Gasteiger partial charge in [-0.2, -0.15) is 0 Å². The maximum atomic E-state index is 11.9. The van der Waals surface area contributed by atoms with Crippen LogP contribution in [0.3, 0.4) is 0 Å². The van der Waals surface area contributed by atoms with Crippen molar-refractivity contribution >= 4 is 33.4 Å². The highest BCUT2D eigenvalue weighted by molar-refractivity contribution is 9.10. The maximum absolute atomic E-state index is 11.9. The first-order valence-corrected chi connectivity index (χ1v) is 6.73. The van der Waals surface area contributed by atoms with Gasteiger partial charge in [-0.1, -0.05) is 15.9 Å². The van der Waals surface area contributed by atoms with Crippen LogP contribution in [0.1, 0.15) is 23.7 Å². The molecule has 6 heteroatoms. The Morgan fingerprint density at radius 3 is 2.42 bits per heavy atom. The third kappa shape index (κ3) is 5.00. The topological polar surface area (TPSA) is 81.4 Å². The quantitative estimate of drug-likeness (QED) is 0.782. The number of amides is 2. The molecule has 0 spiro atoms. The maximum Gasteiger partial charge on any atom is 0.248 e. The van der Waals surface area contributed by atoms with Crippen molar-refractivity contribution in [3.05, 3.63) is 29.8 Å². The van der Waals surface area contributed by atoms with E-state index in [1.165, 1.54) is 0 Å². The molecule has 0 radical (unpaired) electrons. The van der Waals surface area contributed by atoms with Crippen molar-refractivity contribution in [1.82, 2.24) is 0 Å². The number of methoxy groups -OCH3 is 1. The number of rotatable bonds is 6. The van der Waals surface area contributed by atoms with Crippen LogP contribution >= 0.6 is 15.9 Å². The molecule has 0 aliphatic rings. The zero-order chi connectivity index (χ0) is 14.4. The molecule has 104 valence electrons. The number of ether oxygens (including phenoxy) is 1. The summed E-state index contributed by atoms with van der Waals surface area (Å²) < 4.78 is 5.10. The number of carbonyl (C=O) groups is 2. The van der Waals surface area contributed by atoms with Crippen LogP contribution < -0.4 is 11.1 Å². The van der Waals surface area contributed by atoms with Crippen LogP contribution in [0.25, 0.3) is 0 Å². The fraction of sp³-hybridized carbons (Fsp3) is 0.385. The third-order valence-electron chi connectivity index (χ3n) is 2.66. The normalized spacial score (nSPS) is 13.6. The second-order valence-corrected chi connectivity index (χ2v) is 5.29. The van der Waals surface area contributed by atoms with Crippen molar-refractivity contribution in [1.29, 1.82) is 0 Å². The number of carbonyl (C=O) groups excluding carboxylic acids is 2. The van der Waals surface area contributed by atoms with Gasteiger partial charge in [-0.15, -0.1) is 0 Å². The summed E-state index contributed by atoms with van der Waals surface area (Å²) in [5.74, 6) is -0.652. The number of halogens is 1. The number of hydrogen-bond donors (Lipinski definition) is 2. The lowest BCUT2D eigenvalue weighted by molar-refractivity contribution is -0.116. The van der Waals surface area contributed by atoms with E-state index in [2.05, 4.69) is 21.2 Å². The van der Waals surface area contributed by atoms with Crippen molar-refractivity contribution < 1.29 is 14.3 Å². The molecule has 0 aromatic heterocycles. The second-order valence-electron chi connectivity index (χ2n) is 4.18. The van der Waals surface area contributed by atoms with Gasteiger partial charge in [0.15, 0.2) is 0 Å². The Morgan fingerprint density at radius 1 is 1.37 bits per heavy atom. The highest BCUT2D eigenvalue weighted by Gasteiger charge is 2.18. The Hall–Kier alpha value is -1.40. The first-order valence-electron chi connectivity index (χ1n) is 5.81. The molecule has 1 rings (SSSR count). The molecule has 1 unspecified atom stereocenters. The zero-order valence-electron chi connectivity index (χ0n) is 10.9. The molecule has 2 amide bonds. The Bertz CT molecular complexity index is 448. The predicted octanol–water partition coefficient (Wildman–Crippen LogP) is 1.91. The first-order chi connectivity index (χ1) is 8.93. The van der Waals surface area contributed by atoms with E-state index >= 15 is 0 Å². The number of benzene rings is 1. The highest BCUT2D eigenvalue weighted by Crippen LogP contribution is 2.15. The van der Waals surface area contributed by atoms with Gasteiger partial charge in [0.25, 0.3) is 0 Å². The van der Waals surface area contributed by atoms with E-state index in [-0.39, 0.29) is 16.8 Å². The van der Waals surface area contributed by atoms with Gasteiger partial charge in [-0.05, 0) is 37.6 Å². The molecule has 5 nitrogen and oxygen atoms in total. The molecule has 19 heavy (non-hydrogen) atoms. The summed E-state index contributed by atoms with van der Waals surface area (Å²) in [5.41, 5.74) is 6.16. The Labute approximate surface area is 120 Å². The van der Waals surface area contributed by atoms with Gasteiger partial charge in [-0.3, -0.25) is 9.59 Å². The summed E-state index contributed by atoms with van der Waals surface area (Å²) in [6.07, 6.45) is 0.564. The molecule has 2 atom stereocenters. The summed E-state index contributed by atoms with van der Waals surface area (Å²) >= 11 is 3.31. The van der Waals surface area contributed by atoms with Crippen molar-refractivity contribution in [3.63, 3.8) is 0 Å². The van der Waals surface area contributed by atoms with Crippen LogP contribution in [0.15, 0.2) is 24.3 Å². The van der Waals surface area contributed by atoms with E-state index in [9.17, 15) is 9.59 Å². The van der Waals surface area contributed by atoms with E-state index in [4.69, 9.17) is 10.5 Å². The van der Waals surface area contributed by atoms with E-state index in [1.54, 1.807) is 31.4 Å². The largest absolute Gasteiger partial charge is 0.382 e. The van der Waals surface area contributed by atoms with Gasteiger partial charge >= 0.3 is 0 Å². The summed E-state index contributed by atoms with van der Waals surface area (Å²) in [6, 6.07) is 6.41. The van der Waals surface area contributed by atoms with Gasteiger partial charge in [0, 0.05) is 18.4 Å². The summed E-state index contributed by atoms with van der Waals surface area (Å²) in [5, 5.41) is 2.74. The van der Waals surface area contributed by atoms with E-state index in [1.807, 2.05) is 6.92 Å². The van der Waals surface area contributed by atoms with Crippen LogP contribution in [0.4, 0.5) is 5.69 Å². The predicted molar refractivity (Wildman–Crippen MR) is 77.4 cm³/mol. The summed E-state index contributed by atoms with van der Waals surface area (Å²) in [6.45, 7) is 1.89. The lowest BCUT2D eigenvalue weighted by Crippen LogP contribution is -2.26. The minimum absolute atomic E-state index is 0.00707. The SMILES string of the molecule is CO[C@@H](C)CC(Br)C(=O)Nc1ccc(C(N)=O)cc1. The van der Waals surface area contributed by atoms with Gasteiger partial charge in [0.05, 0.1) is 10.9 Å². The van der Waals surface area contributed by atoms with Crippen LogP contribution in [-0.2, 0) is 9.53 Å². The van der Waals surface area contributed by atoms with Crippen molar-refractivity contribution in [2.75, 3.05) is 12.4 Å². The number of nitrogens with one attached hydrogen (secondary N) is 1. The van der Waals surface area contributed by atoms with E-state index < -0.39 is 5.91 Å². The molecule has 1 aromatic carbocycles. The third-order valence-corrected chi connectivity index (χ3v) is 3.45. The Morgan fingerprint density at radius 2 is 1.95 bits per heavy atom. The minimum atomic E-state index is -0.495. The van der Waals surface area contributed by atoms with Crippen LogP contribution in [0.5, 0.6) is 0 Å². The van der Waals surface area contributed by atoms with Gasteiger partial charge in [0.2, 0.25) is 11.8 Å². The smallest absolute Gasteiger partial charge is 0.248 e. The van der Waals surface area contributed by atoms with E-state index in [0.717, 1.165) is 0 Å². The molecule has 0 saturated heterocycles. The Balaban J connectivity index is 2.59. The number of primary amides is 1. The van der Waals surface area contributed by atoms with Crippen LogP contribution in [0, 0.1) is 0 Å². The van der Waals surface area contributed by atoms with Crippen molar-refractivity contribution in [2.24, 2.45) is 5.73 Å². The molecule has 3 N–H and O–H groups in total. The first kappa shape index (κ1) is 15.7.